The molecule has 0 saturated heterocycles. The topological polar surface area (TPSA) is 55.9 Å². The summed E-state index contributed by atoms with van der Waals surface area (Å²) in [6.45, 7) is 4.14. The third-order valence-corrected chi connectivity index (χ3v) is 3.19. The van der Waals surface area contributed by atoms with Crippen LogP contribution in [0.15, 0.2) is 30.3 Å². The van der Waals surface area contributed by atoms with Crippen molar-refractivity contribution in [2.75, 3.05) is 0 Å². The number of nitrogens with two attached hydrogens (primary N) is 1. The lowest BCUT2D eigenvalue weighted by atomic mass is 10.0. The molecule has 1 atom stereocenters. The first kappa shape index (κ1) is 12.8. The zero-order valence-electron chi connectivity index (χ0n) is 11.1. The lowest BCUT2D eigenvalue weighted by molar-refractivity contribution is 0.574. The smallest absolute Gasteiger partial charge is 0.0878 e. The minimum absolute atomic E-state index is 0.0253. The summed E-state index contributed by atoms with van der Waals surface area (Å²) in [6.07, 6.45) is 1.02. The van der Waals surface area contributed by atoms with E-state index < -0.39 is 0 Å². The standard InChI is InChI=1S/C14H20N4/c1-4-11-6-5-7-12(9-11)14(16-15)13-8-10(2)17-18(13)3/h5-9,14,16H,4,15H2,1-3H3. The molecule has 1 aromatic heterocycles. The largest absolute Gasteiger partial charge is 0.271 e. The SMILES string of the molecule is CCc1cccc(C(NN)c2cc(C)nn2C)c1. The second-order valence-electron chi connectivity index (χ2n) is 4.53. The van der Waals surface area contributed by atoms with Gasteiger partial charge in [-0.3, -0.25) is 10.5 Å². The molecular weight excluding hydrogens is 224 g/mol. The first-order valence-electron chi connectivity index (χ1n) is 6.21. The van der Waals surface area contributed by atoms with Crippen molar-refractivity contribution in [3.8, 4) is 0 Å². The Morgan fingerprint density at radius 2 is 2.17 bits per heavy atom. The number of nitrogens with one attached hydrogen (secondary N) is 1. The molecule has 0 aliphatic heterocycles. The molecule has 3 N–H and O–H groups in total. The third-order valence-electron chi connectivity index (χ3n) is 3.19. The van der Waals surface area contributed by atoms with Crippen molar-refractivity contribution in [3.63, 3.8) is 0 Å². The van der Waals surface area contributed by atoms with Crippen molar-refractivity contribution >= 4 is 0 Å². The summed E-state index contributed by atoms with van der Waals surface area (Å²) in [5.74, 6) is 5.72. The van der Waals surface area contributed by atoms with E-state index in [-0.39, 0.29) is 6.04 Å². The summed E-state index contributed by atoms with van der Waals surface area (Å²) in [5.41, 5.74) is 7.43. The van der Waals surface area contributed by atoms with Crippen LogP contribution in [0.4, 0.5) is 0 Å². The summed E-state index contributed by atoms with van der Waals surface area (Å²) >= 11 is 0. The zero-order valence-corrected chi connectivity index (χ0v) is 11.1. The van der Waals surface area contributed by atoms with Gasteiger partial charge in [-0.25, -0.2) is 5.43 Å². The van der Waals surface area contributed by atoms with Crippen molar-refractivity contribution in [1.29, 1.82) is 0 Å². The van der Waals surface area contributed by atoms with Gasteiger partial charge >= 0.3 is 0 Å². The molecule has 1 unspecified atom stereocenters. The highest BCUT2D eigenvalue weighted by Crippen LogP contribution is 2.22. The summed E-state index contributed by atoms with van der Waals surface area (Å²) in [7, 11) is 1.94. The Morgan fingerprint density at radius 1 is 1.39 bits per heavy atom. The van der Waals surface area contributed by atoms with Crippen LogP contribution < -0.4 is 11.3 Å². The highest BCUT2D eigenvalue weighted by molar-refractivity contribution is 5.32. The van der Waals surface area contributed by atoms with Crippen LogP contribution in [0.3, 0.4) is 0 Å². The number of rotatable bonds is 4. The van der Waals surface area contributed by atoms with E-state index in [1.165, 1.54) is 11.1 Å². The number of hydrogen-bond acceptors (Lipinski definition) is 3. The fraction of sp³-hybridized carbons (Fsp3) is 0.357. The number of aryl methyl sites for hydroxylation is 3. The normalized spacial score (nSPS) is 12.7. The van der Waals surface area contributed by atoms with Crippen LogP contribution in [0.2, 0.25) is 0 Å². The Morgan fingerprint density at radius 3 is 2.72 bits per heavy atom. The Hall–Kier alpha value is -1.65. The molecule has 2 aromatic rings. The summed E-state index contributed by atoms with van der Waals surface area (Å²) in [6, 6.07) is 10.5. The Bertz CT molecular complexity index is 530. The minimum Gasteiger partial charge on any atom is -0.271 e. The molecule has 1 heterocycles. The second-order valence-corrected chi connectivity index (χ2v) is 4.53. The maximum absolute atomic E-state index is 5.72. The molecule has 0 amide bonds. The molecule has 0 saturated carbocycles. The number of benzene rings is 1. The van der Waals surface area contributed by atoms with Crippen LogP contribution in [-0.4, -0.2) is 9.78 Å². The first-order chi connectivity index (χ1) is 8.65. The van der Waals surface area contributed by atoms with Gasteiger partial charge in [-0.05, 0) is 30.5 Å². The Kier molecular flexibility index (Phi) is 3.79. The molecule has 0 spiro atoms. The molecule has 4 nitrogen and oxygen atoms in total. The highest BCUT2D eigenvalue weighted by Gasteiger charge is 2.16. The van der Waals surface area contributed by atoms with Gasteiger partial charge in [0, 0.05) is 7.05 Å². The lowest BCUT2D eigenvalue weighted by Crippen LogP contribution is -2.30. The van der Waals surface area contributed by atoms with E-state index in [1.807, 2.05) is 18.7 Å². The van der Waals surface area contributed by atoms with E-state index in [0.717, 1.165) is 17.8 Å². The van der Waals surface area contributed by atoms with E-state index in [4.69, 9.17) is 5.84 Å². The van der Waals surface area contributed by atoms with Gasteiger partial charge in [0.1, 0.15) is 0 Å². The van der Waals surface area contributed by atoms with Crippen LogP contribution >= 0.6 is 0 Å². The average Bonchev–Trinajstić information content (AvgIpc) is 2.70. The van der Waals surface area contributed by atoms with E-state index in [1.54, 1.807) is 0 Å². The Labute approximate surface area is 108 Å². The molecule has 0 radical (unpaired) electrons. The first-order valence-corrected chi connectivity index (χ1v) is 6.21. The molecule has 2 rings (SSSR count). The molecule has 96 valence electrons. The maximum atomic E-state index is 5.72. The molecule has 4 heteroatoms. The van der Waals surface area contributed by atoms with Gasteiger partial charge in [0.25, 0.3) is 0 Å². The summed E-state index contributed by atoms with van der Waals surface area (Å²) in [5, 5.41) is 4.37. The van der Waals surface area contributed by atoms with Gasteiger partial charge in [0.2, 0.25) is 0 Å². The van der Waals surface area contributed by atoms with Crippen molar-refractivity contribution < 1.29 is 0 Å². The van der Waals surface area contributed by atoms with Crippen LogP contribution in [0.1, 0.15) is 35.5 Å². The molecular formula is C14H20N4. The second kappa shape index (κ2) is 5.33. The van der Waals surface area contributed by atoms with Crippen molar-refractivity contribution in [3.05, 3.63) is 52.8 Å². The zero-order chi connectivity index (χ0) is 13.1. The average molecular weight is 244 g/mol. The number of aromatic nitrogens is 2. The highest BCUT2D eigenvalue weighted by atomic mass is 15.3. The Balaban J connectivity index is 2.41. The number of hydrazine groups is 1. The fourth-order valence-electron chi connectivity index (χ4n) is 2.25. The van der Waals surface area contributed by atoms with Crippen LogP contribution in [0.5, 0.6) is 0 Å². The van der Waals surface area contributed by atoms with Gasteiger partial charge in [0.05, 0.1) is 17.4 Å². The third kappa shape index (κ3) is 2.44. The fourth-order valence-corrected chi connectivity index (χ4v) is 2.25. The predicted molar refractivity (Wildman–Crippen MR) is 72.9 cm³/mol. The van der Waals surface area contributed by atoms with Gasteiger partial charge in [-0.1, -0.05) is 31.2 Å². The van der Waals surface area contributed by atoms with E-state index in [9.17, 15) is 0 Å². The monoisotopic (exact) mass is 244 g/mol. The molecule has 0 aliphatic rings. The molecule has 0 bridgehead atoms. The predicted octanol–water partition coefficient (Wildman–Crippen LogP) is 1.84. The lowest BCUT2D eigenvalue weighted by Gasteiger charge is -2.17. The van der Waals surface area contributed by atoms with Crippen LogP contribution in [-0.2, 0) is 13.5 Å². The van der Waals surface area contributed by atoms with E-state index in [0.29, 0.717) is 0 Å². The van der Waals surface area contributed by atoms with Gasteiger partial charge < -0.3 is 0 Å². The van der Waals surface area contributed by atoms with Crippen molar-refractivity contribution in [1.82, 2.24) is 15.2 Å². The van der Waals surface area contributed by atoms with Crippen molar-refractivity contribution in [2.45, 2.75) is 26.3 Å². The number of hydrogen-bond donors (Lipinski definition) is 2. The van der Waals surface area contributed by atoms with Crippen molar-refractivity contribution in [2.24, 2.45) is 12.9 Å². The quantitative estimate of drug-likeness (QED) is 0.637. The van der Waals surface area contributed by atoms with Gasteiger partial charge in [-0.15, -0.1) is 0 Å². The molecule has 18 heavy (non-hydrogen) atoms. The van der Waals surface area contributed by atoms with Crippen LogP contribution in [0.25, 0.3) is 0 Å². The van der Waals surface area contributed by atoms with Gasteiger partial charge in [0.15, 0.2) is 0 Å². The van der Waals surface area contributed by atoms with Crippen LogP contribution in [0, 0.1) is 6.92 Å². The number of nitrogens with zero attached hydrogens (tertiary/aromatic N) is 2. The molecule has 0 fully saturated rings. The molecule has 1 aromatic carbocycles. The minimum atomic E-state index is -0.0253. The van der Waals surface area contributed by atoms with Gasteiger partial charge in [-0.2, -0.15) is 5.10 Å². The maximum Gasteiger partial charge on any atom is 0.0878 e. The summed E-state index contributed by atoms with van der Waals surface area (Å²) in [4.78, 5) is 0. The summed E-state index contributed by atoms with van der Waals surface area (Å²) < 4.78 is 1.87. The molecule has 0 aliphatic carbocycles. The van der Waals surface area contributed by atoms with E-state index in [2.05, 4.69) is 47.8 Å². The van der Waals surface area contributed by atoms with E-state index >= 15 is 0 Å².